The third-order valence-electron chi connectivity index (χ3n) is 2.92. The van der Waals surface area contributed by atoms with Crippen LogP contribution in [0.5, 0.6) is 5.75 Å². The lowest BCUT2D eigenvalue weighted by Crippen LogP contribution is -2.26. The van der Waals surface area contributed by atoms with Gasteiger partial charge in [0.2, 0.25) is 0 Å². The fraction of sp³-hybridized carbons (Fsp3) is 0.267. The van der Waals surface area contributed by atoms with Crippen LogP contribution in [0.2, 0.25) is 0 Å². The number of thiazole rings is 1. The summed E-state index contributed by atoms with van der Waals surface area (Å²) in [6.07, 6.45) is 0.131. The van der Waals surface area contributed by atoms with Gasteiger partial charge in [-0.25, -0.2) is 4.98 Å². The van der Waals surface area contributed by atoms with E-state index in [1.165, 1.54) is 18.4 Å². The number of nitrogens with zero attached hydrogens (tertiary/aromatic N) is 1. The Balaban J connectivity index is 2.05. The Bertz CT molecular complexity index is 669. The van der Waals surface area contributed by atoms with E-state index in [2.05, 4.69) is 15.0 Å². The van der Waals surface area contributed by atoms with Gasteiger partial charge in [-0.05, 0) is 12.1 Å². The molecule has 2 aromatic rings. The van der Waals surface area contributed by atoms with Crippen LogP contribution in [0.1, 0.15) is 16.9 Å². The molecule has 22 heavy (non-hydrogen) atoms. The van der Waals surface area contributed by atoms with E-state index in [-0.39, 0.29) is 24.8 Å². The van der Waals surface area contributed by atoms with E-state index < -0.39 is 0 Å². The first-order chi connectivity index (χ1) is 10.7. The lowest BCUT2D eigenvalue weighted by atomic mass is 10.2. The molecule has 1 heterocycles. The highest BCUT2D eigenvalue weighted by Crippen LogP contribution is 2.31. The number of hydrogen-bond acceptors (Lipinski definition) is 6. The van der Waals surface area contributed by atoms with Crippen molar-refractivity contribution in [3.8, 4) is 16.3 Å². The van der Waals surface area contributed by atoms with Crippen LogP contribution in [0.25, 0.3) is 10.6 Å². The van der Waals surface area contributed by atoms with Gasteiger partial charge in [0, 0.05) is 11.9 Å². The first-order valence-corrected chi connectivity index (χ1v) is 7.47. The number of carbonyl (C=O) groups is 2. The third kappa shape index (κ3) is 3.82. The van der Waals surface area contributed by atoms with Crippen molar-refractivity contribution in [1.82, 2.24) is 10.3 Å². The summed E-state index contributed by atoms with van der Waals surface area (Å²) in [6.45, 7) is 0.215. The van der Waals surface area contributed by atoms with Crippen molar-refractivity contribution in [2.45, 2.75) is 6.42 Å². The van der Waals surface area contributed by atoms with E-state index in [1.54, 1.807) is 12.5 Å². The number of carbonyl (C=O) groups excluding carboxylic acids is 2. The Hall–Kier alpha value is -2.41. The maximum Gasteiger partial charge on any atom is 0.307 e. The van der Waals surface area contributed by atoms with E-state index in [4.69, 9.17) is 4.74 Å². The number of rotatable bonds is 6. The van der Waals surface area contributed by atoms with Crippen LogP contribution in [0.4, 0.5) is 0 Å². The summed E-state index contributed by atoms with van der Waals surface area (Å²) in [6, 6.07) is 7.48. The Morgan fingerprint density at radius 1 is 1.27 bits per heavy atom. The number of amides is 1. The molecule has 0 saturated carbocycles. The second kappa shape index (κ2) is 7.56. The van der Waals surface area contributed by atoms with E-state index in [1.807, 2.05) is 24.3 Å². The molecule has 1 amide bonds. The average Bonchev–Trinajstić information content (AvgIpc) is 3.04. The standard InChI is InChI=1S/C15H16N2O4S/c1-20-12-6-4-3-5-10(12)15-17-11(9-22-15)14(19)16-8-7-13(18)21-2/h3-6,9H,7-8H2,1-2H3,(H,16,19). The molecule has 0 aliphatic heterocycles. The van der Waals surface area contributed by atoms with Gasteiger partial charge >= 0.3 is 5.97 Å². The van der Waals surface area contributed by atoms with Gasteiger partial charge in [-0.2, -0.15) is 0 Å². The molecule has 116 valence electrons. The quantitative estimate of drug-likeness (QED) is 0.825. The number of aromatic nitrogens is 1. The van der Waals surface area contributed by atoms with Crippen molar-refractivity contribution in [3.05, 3.63) is 35.3 Å². The summed E-state index contributed by atoms with van der Waals surface area (Å²) >= 11 is 1.36. The first kappa shape index (κ1) is 16.0. The Morgan fingerprint density at radius 2 is 2.05 bits per heavy atom. The average molecular weight is 320 g/mol. The summed E-state index contributed by atoms with van der Waals surface area (Å²) in [5.41, 5.74) is 1.15. The molecule has 0 radical (unpaired) electrons. The zero-order chi connectivity index (χ0) is 15.9. The first-order valence-electron chi connectivity index (χ1n) is 6.59. The maximum absolute atomic E-state index is 12.0. The number of hydrogen-bond donors (Lipinski definition) is 1. The fourth-order valence-corrected chi connectivity index (χ4v) is 2.62. The molecule has 0 aliphatic carbocycles. The van der Waals surface area contributed by atoms with Crippen molar-refractivity contribution in [2.75, 3.05) is 20.8 Å². The Kier molecular flexibility index (Phi) is 5.48. The molecule has 0 aliphatic rings. The van der Waals surface area contributed by atoms with Crippen LogP contribution in [0, 0.1) is 0 Å². The van der Waals surface area contributed by atoms with Crippen LogP contribution in [0.15, 0.2) is 29.6 Å². The van der Waals surface area contributed by atoms with Crippen molar-refractivity contribution in [2.24, 2.45) is 0 Å². The molecule has 7 heteroatoms. The monoisotopic (exact) mass is 320 g/mol. The molecule has 0 saturated heterocycles. The van der Waals surface area contributed by atoms with E-state index in [0.717, 1.165) is 5.56 Å². The number of esters is 1. The topological polar surface area (TPSA) is 77.5 Å². The summed E-state index contributed by atoms with van der Waals surface area (Å²) in [5.74, 6) is 0.0177. The van der Waals surface area contributed by atoms with Crippen LogP contribution in [-0.2, 0) is 9.53 Å². The largest absolute Gasteiger partial charge is 0.496 e. The van der Waals surface area contributed by atoms with E-state index >= 15 is 0 Å². The molecule has 0 spiro atoms. The van der Waals surface area contributed by atoms with Gasteiger partial charge < -0.3 is 14.8 Å². The number of methoxy groups -OCH3 is 2. The zero-order valence-electron chi connectivity index (χ0n) is 12.3. The van der Waals surface area contributed by atoms with Crippen LogP contribution in [-0.4, -0.2) is 37.6 Å². The van der Waals surface area contributed by atoms with Crippen molar-refractivity contribution < 1.29 is 19.1 Å². The van der Waals surface area contributed by atoms with Gasteiger partial charge in [0.25, 0.3) is 5.91 Å². The zero-order valence-corrected chi connectivity index (χ0v) is 13.1. The molecule has 0 bridgehead atoms. The van der Waals surface area contributed by atoms with Gasteiger partial charge in [0.15, 0.2) is 0 Å². The predicted molar refractivity (Wildman–Crippen MR) is 83.1 cm³/mol. The molecule has 0 atom stereocenters. The van der Waals surface area contributed by atoms with E-state index in [9.17, 15) is 9.59 Å². The number of ether oxygens (including phenoxy) is 2. The molecule has 0 fully saturated rings. The lowest BCUT2D eigenvalue weighted by molar-refractivity contribution is -0.140. The molecule has 6 nitrogen and oxygen atoms in total. The minimum absolute atomic E-state index is 0.131. The van der Waals surface area contributed by atoms with Crippen LogP contribution in [0.3, 0.4) is 0 Å². The minimum Gasteiger partial charge on any atom is -0.496 e. The van der Waals surface area contributed by atoms with Crippen LogP contribution < -0.4 is 10.1 Å². The SMILES string of the molecule is COC(=O)CCNC(=O)c1csc(-c2ccccc2OC)n1. The lowest BCUT2D eigenvalue weighted by Gasteiger charge is -2.04. The summed E-state index contributed by atoms with van der Waals surface area (Å²) in [4.78, 5) is 27.3. The third-order valence-corrected chi connectivity index (χ3v) is 3.79. The fourth-order valence-electron chi connectivity index (χ4n) is 1.79. The molecule has 2 rings (SSSR count). The highest BCUT2D eigenvalue weighted by atomic mass is 32.1. The summed E-state index contributed by atoms with van der Waals surface area (Å²) in [7, 11) is 2.90. The van der Waals surface area contributed by atoms with Crippen molar-refractivity contribution >= 4 is 23.2 Å². The summed E-state index contributed by atoms with van der Waals surface area (Å²) in [5, 5.41) is 5.01. The second-order valence-electron chi connectivity index (χ2n) is 4.32. The van der Waals surface area contributed by atoms with Crippen LogP contribution >= 0.6 is 11.3 Å². The smallest absolute Gasteiger partial charge is 0.307 e. The normalized spacial score (nSPS) is 10.1. The Labute approximate surface area is 132 Å². The Morgan fingerprint density at radius 3 is 2.77 bits per heavy atom. The van der Waals surface area contributed by atoms with Gasteiger partial charge in [-0.3, -0.25) is 9.59 Å². The van der Waals surface area contributed by atoms with Gasteiger partial charge in [0.05, 0.1) is 26.2 Å². The van der Waals surface area contributed by atoms with Crippen molar-refractivity contribution in [1.29, 1.82) is 0 Å². The molecule has 1 N–H and O–H groups in total. The molecule has 0 unspecified atom stereocenters. The van der Waals surface area contributed by atoms with Gasteiger partial charge in [0.1, 0.15) is 16.5 Å². The molecule has 1 aromatic heterocycles. The summed E-state index contributed by atoms with van der Waals surface area (Å²) < 4.78 is 9.80. The predicted octanol–water partition coefficient (Wildman–Crippen LogP) is 2.11. The van der Waals surface area contributed by atoms with Gasteiger partial charge in [-0.15, -0.1) is 11.3 Å². The molecular formula is C15H16N2O4S. The van der Waals surface area contributed by atoms with Gasteiger partial charge in [-0.1, -0.05) is 12.1 Å². The number of benzene rings is 1. The second-order valence-corrected chi connectivity index (χ2v) is 5.18. The maximum atomic E-state index is 12.0. The molecule has 1 aromatic carbocycles. The minimum atomic E-state index is -0.367. The van der Waals surface area contributed by atoms with Crippen molar-refractivity contribution in [3.63, 3.8) is 0 Å². The highest BCUT2D eigenvalue weighted by Gasteiger charge is 2.14. The number of nitrogens with one attached hydrogen (secondary N) is 1. The number of para-hydroxylation sites is 1. The van der Waals surface area contributed by atoms with E-state index in [0.29, 0.717) is 16.5 Å². The molecular weight excluding hydrogens is 304 g/mol. The highest BCUT2D eigenvalue weighted by molar-refractivity contribution is 7.13.